The van der Waals surface area contributed by atoms with Gasteiger partial charge in [0, 0.05) is 32.2 Å². The van der Waals surface area contributed by atoms with Crippen molar-refractivity contribution in [2.24, 2.45) is 5.73 Å². The Labute approximate surface area is 117 Å². The lowest BCUT2D eigenvalue weighted by Crippen LogP contribution is -2.43. The Bertz CT molecular complexity index is 355. The van der Waals surface area contributed by atoms with Gasteiger partial charge < -0.3 is 16.0 Å². The van der Waals surface area contributed by atoms with E-state index in [2.05, 4.69) is 41.4 Å². The average Bonchev–Trinajstić information content (AvgIpc) is 2.48. The molecule has 1 atom stereocenters. The fraction of sp³-hybridized carbons (Fsp3) is 0.625. The number of piperazine rings is 1. The van der Waals surface area contributed by atoms with Crippen molar-refractivity contribution in [2.75, 3.05) is 32.7 Å². The van der Waals surface area contributed by atoms with E-state index in [0.29, 0.717) is 0 Å². The first-order valence-electron chi connectivity index (χ1n) is 7.57. The van der Waals surface area contributed by atoms with Gasteiger partial charge in [-0.1, -0.05) is 31.2 Å². The SMILES string of the molecule is CCc1ccc(C(N)CCCN2CCNCC2)cc1. The molecule has 0 saturated carbocycles. The van der Waals surface area contributed by atoms with Crippen molar-refractivity contribution in [1.29, 1.82) is 0 Å². The van der Waals surface area contributed by atoms with Crippen LogP contribution < -0.4 is 11.1 Å². The molecule has 1 aliphatic rings. The number of hydrogen-bond donors (Lipinski definition) is 2. The van der Waals surface area contributed by atoms with Crippen LogP contribution in [0.3, 0.4) is 0 Å². The first-order chi connectivity index (χ1) is 9.29. The van der Waals surface area contributed by atoms with Crippen molar-refractivity contribution in [3.63, 3.8) is 0 Å². The summed E-state index contributed by atoms with van der Waals surface area (Å²) in [7, 11) is 0. The van der Waals surface area contributed by atoms with Crippen LogP contribution in [0, 0.1) is 0 Å². The van der Waals surface area contributed by atoms with Crippen LogP contribution in [0.5, 0.6) is 0 Å². The summed E-state index contributed by atoms with van der Waals surface area (Å²) >= 11 is 0. The second kappa shape index (κ2) is 7.63. The predicted octanol–water partition coefficient (Wildman–Crippen LogP) is 1.93. The Morgan fingerprint density at radius 1 is 1.21 bits per heavy atom. The van der Waals surface area contributed by atoms with Crippen LogP contribution in [0.2, 0.25) is 0 Å². The number of benzene rings is 1. The molecule has 1 unspecified atom stereocenters. The Morgan fingerprint density at radius 2 is 1.89 bits per heavy atom. The van der Waals surface area contributed by atoms with Gasteiger partial charge in [-0.25, -0.2) is 0 Å². The fourth-order valence-electron chi connectivity index (χ4n) is 2.64. The zero-order chi connectivity index (χ0) is 13.5. The van der Waals surface area contributed by atoms with Gasteiger partial charge in [-0.2, -0.15) is 0 Å². The van der Waals surface area contributed by atoms with E-state index in [9.17, 15) is 0 Å². The number of rotatable bonds is 6. The minimum atomic E-state index is 0.189. The van der Waals surface area contributed by atoms with E-state index < -0.39 is 0 Å². The Hall–Kier alpha value is -0.900. The van der Waals surface area contributed by atoms with Crippen LogP contribution in [0.15, 0.2) is 24.3 Å². The fourth-order valence-corrected chi connectivity index (χ4v) is 2.64. The zero-order valence-electron chi connectivity index (χ0n) is 12.1. The molecule has 2 rings (SSSR count). The Morgan fingerprint density at radius 3 is 2.53 bits per heavy atom. The van der Waals surface area contributed by atoms with Gasteiger partial charge in [0.15, 0.2) is 0 Å². The minimum absolute atomic E-state index is 0.189. The quantitative estimate of drug-likeness (QED) is 0.822. The predicted molar refractivity (Wildman–Crippen MR) is 81.3 cm³/mol. The first kappa shape index (κ1) is 14.5. The van der Waals surface area contributed by atoms with Crippen LogP contribution in [0.1, 0.15) is 36.9 Å². The molecule has 1 aliphatic heterocycles. The van der Waals surface area contributed by atoms with E-state index in [1.807, 2.05) is 0 Å². The molecule has 0 aromatic heterocycles. The molecule has 3 N–H and O–H groups in total. The smallest absolute Gasteiger partial charge is 0.0295 e. The average molecular weight is 261 g/mol. The molecule has 0 amide bonds. The molecule has 0 radical (unpaired) electrons. The van der Waals surface area contributed by atoms with E-state index in [4.69, 9.17) is 5.73 Å². The van der Waals surface area contributed by atoms with Gasteiger partial charge >= 0.3 is 0 Å². The van der Waals surface area contributed by atoms with E-state index >= 15 is 0 Å². The normalized spacial score (nSPS) is 18.4. The molecule has 1 fully saturated rings. The van der Waals surface area contributed by atoms with Gasteiger partial charge in [-0.15, -0.1) is 0 Å². The van der Waals surface area contributed by atoms with Crippen LogP contribution >= 0.6 is 0 Å². The topological polar surface area (TPSA) is 41.3 Å². The van der Waals surface area contributed by atoms with Gasteiger partial charge in [0.05, 0.1) is 0 Å². The van der Waals surface area contributed by atoms with Crippen molar-refractivity contribution in [3.05, 3.63) is 35.4 Å². The lowest BCUT2D eigenvalue weighted by molar-refractivity contribution is 0.235. The van der Waals surface area contributed by atoms with Crippen molar-refractivity contribution >= 4 is 0 Å². The van der Waals surface area contributed by atoms with Crippen molar-refractivity contribution in [1.82, 2.24) is 10.2 Å². The highest BCUT2D eigenvalue weighted by atomic mass is 15.2. The lowest BCUT2D eigenvalue weighted by Gasteiger charge is -2.27. The summed E-state index contributed by atoms with van der Waals surface area (Å²) in [6.45, 7) is 7.99. The van der Waals surface area contributed by atoms with Crippen LogP contribution in [-0.2, 0) is 6.42 Å². The first-order valence-corrected chi connectivity index (χ1v) is 7.57. The number of aryl methyl sites for hydroxylation is 1. The van der Waals surface area contributed by atoms with Gasteiger partial charge in [0.2, 0.25) is 0 Å². The summed E-state index contributed by atoms with van der Waals surface area (Å²) in [5, 5.41) is 3.38. The molecule has 106 valence electrons. The minimum Gasteiger partial charge on any atom is -0.324 e. The number of nitrogens with zero attached hydrogens (tertiary/aromatic N) is 1. The van der Waals surface area contributed by atoms with E-state index in [-0.39, 0.29) is 6.04 Å². The second-order valence-electron chi connectivity index (χ2n) is 5.44. The van der Waals surface area contributed by atoms with Crippen molar-refractivity contribution in [2.45, 2.75) is 32.2 Å². The van der Waals surface area contributed by atoms with Gasteiger partial charge in [0.1, 0.15) is 0 Å². The maximum absolute atomic E-state index is 6.27. The summed E-state index contributed by atoms with van der Waals surface area (Å²) in [6.07, 6.45) is 3.37. The molecular weight excluding hydrogens is 234 g/mol. The standard InChI is InChI=1S/C16H27N3/c1-2-14-5-7-15(8-6-14)16(17)4-3-11-19-12-9-18-10-13-19/h5-8,16,18H,2-4,9-13,17H2,1H3. The Kier molecular flexibility index (Phi) is 5.83. The van der Waals surface area contributed by atoms with E-state index in [0.717, 1.165) is 25.9 Å². The maximum Gasteiger partial charge on any atom is 0.0295 e. The van der Waals surface area contributed by atoms with Crippen LogP contribution in [-0.4, -0.2) is 37.6 Å². The van der Waals surface area contributed by atoms with Crippen molar-refractivity contribution in [3.8, 4) is 0 Å². The molecule has 1 heterocycles. The third kappa shape index (κ3) is 4.60. The molecule has 19 heavy (non-hydrogen) atoms. The summed E-state index contributed by atoms with van der Waals surface area (Å²) in [5.74, 6) is 0. The third-order valence-corrected chi connectivity index (χ3v) is 4.02. The molecular formula is C16H27N3. The number of nitrogens with two attached hydrogens (primary N) is 1. The molecule has 1 aromatic rings. The number of hydrogen-bond acceptors (Lipinski definition) is 3. The second-order valence-corrected chi connectivity index (χ2v) is 5.44. The summed E-state index contributed by atoms with van der Waals surface area (Å²) in [4.78, 5) is 2.53. The van der Waals surface area contributed by atoms with E-state index in [1.165, 1.54) is 37.2 Å². The number of nitrogens with one attached hydrogen (secondary N) is 1. The Balaban J connectivity index is 1.72. The van der Waals surface area contributed by atoms with Gasteiger partial charge in [-0.05, 0) is 36.9 Å². The summed E-state index contributed by atoms with van der Waals surface area (Å²) in [5.41, 5.74) is 8.93. The molecule has 0 spiro atoms. The van der Waals surface area contributed by atoms with E-state index in [1.54, 1.807) is 0 Å². The highest BCUT2D eigenvalue weighted by Crippen LogP contribution is 2.17. The third-order valence-electron chi connectivity index (χ3n) is 4.02. The monoisotopic (exact) mass is 261 g/mol. The zero-order valence-corrected chi connectivity index (χ0v) is 12.1. The molecule has 0 bridgehead atoms. The highest BCUT2D eigenvalue weighted by Gasteiger charge is 2.10. The lowest BCUT2D eigenvalue weighted by atomic mass is 10.0. The van der Waals surface area contributed by atoms with Gasteiger partial charge in [-0.3, -0.25) is 0 Å². The highest BCUT2D eigenvalue weighted by molar-refractivity contribution is 5.24. The van der Waals surface area contributed by atoms with Crippen LogP contribution in [0.4, 0.5) is 0 Å². The maximum atomic E-state index is 6.27. The molecule has 3 heteroatoms. The van der Waals surface area contributed by atoms with Crippen molar-refractivity contribution < 1.29 is 0 Å². The van der Waals surface area contributed by atoms with Crippen LogP contribution in [0.25, 0.3) is 0 Å². The summed E-state index contributed by atoms with van der Waals surface area (Å²) in [6, 6.07) is 8.97. The molecule has 1 saturated heterocycles. The molecule has 1 aromatic carbocycles. The molecule has 0 aliphatic carbocycles. The molecule has 3 nitrogen and oxygen atoms in total. The van der Waals surface area contributed by atoms with Gasteiger partial charge in [0.25, 0.3) is 0 Å². The largest absolute Gasteiger partial charge is 0.324 e. The summed E-state index contributed by atoms with van der Waals surface area (Å²) < 4.78 is 0.